The van der Waals surface area contributed by atoms with E-state index in [0.29, 0.717) is 10.6 Å². The summed E-state index contributed by atoms with van der Waals surface area (Å²) in [5, 5.41) is 0.382. The average molecular weight is 307 g/mol. The van der Waals surface area contributed by atoms with Gasteiger partial charge in [-0.3, -0.25) is 0 Å². The summed E-state index contributed by atoms with van der Waals surface area (Å²) in [6, 6.07) is 19.8. The molecule has 22 heavy (non-hydrogen) atoms. The molecule has 1 heteroatoms. The van der Waals surface area contributed by atoms with E-state index in [0.717, 1.165) is 0 Å². The zero-order valence-corrected chi connectivity index (χ0v) is 15.4. The van der Waals surface area contributed by atoms with Crippen molar-refractivity contribution < 1.29 is 0 Å². The maximum atomic E-state index is 2.55. The third-order valence-electron chi connectivity index (χ3n) is 5.71. The Bertz CT molecular complexity index is 702. The fraction of sp³-hybridized carbons (Fsp3) is 0.333. The molecule has 0 aliphatic heterocycles. The zero-order chi connectivity index (χ0) is 16.0. The van der Waals surface area contributed by atoms with Gasteiger partial charge < -0.3 is 0 Å². The maximum absolute atomic E-state index is 2.55. The zero-order valence-electron chi connectivity index (χ0n) is 14.4. The van der Waals surface area contributed by atoms with E-state index >= 15 is 0 Å². The second-order valence-electron chi connectivity index (χ2n) is 7.98. The summed E-state index contributed by atoms with van der Waals surface area (Å²) in [6.07, 6.45) is 2.55. The molecule has 1 aliphatic rings. The molecule has 1 atom stereocenters. The van der Waals surface area contributed by atoms with E-state index < -0.39 is 8.07 Å². The molecule has 0 radical (unpaired) electrons. The van der Waals surface area contributed by atoms with Crippen LogP contribution in [0.3, 0.4) is 0 Å². The fourth-order valence-corrected chi connectivity index (χ4v) is 5.84. The van der Waals surface area contributed by atoms with Crippen LogP contribution in [0.5, 0.6) is 0 Å². The normalized spacial score (nSPS) is 18.0. The molecule has 2 aromatic rings. The Morgan fingerprint density at radius 2 is 1.41 bits per heavy atom. The van der Waals surface area contributed by atoms with E-state index in [9.17, 15) is 0 Å². The highest BCUT2D eigenvalue weighted by atomic mass is 28.3. The maximum Gasteiger partial charge on any atom is 0.0649 e. The van der Waals surface area contributed by atoms with Crippen LogP contribution in [0, 0.1) is 0 Å². The summed E-state index contributed by atoms with van der Waals surface area (Å²) >= 11 is 0. The number of allylic oxidation sites excluding steroid dienone is 1. The number of benzene rings is 2. The lowest BCUT2D eigenvalue weighted by molar-refractivity contribution is 0.705. The quantitative estimate of drug-likeness (QED) is 0.574. The minimum Gasteiger partial charge on any atom is -0.0712 e. The third kappa shape index (κ3) is 2.38. The molecule has 0 spiro atoms. The van der Waals surface area contributed by atoms with Crippen molar-refractivity contribution in [1.29, 1.82) is 0 Å². The number of rotatable bonds is 2. The van der Waals surface area contributed by atoms with E-state index in [1.165, 1.54) is 22.3 Å². The summed E-state index contributed by atoms with van der Waals surface area (Å²) in [6.45, 7) is 12.3. The molecule has 0 aromatic heterocycles. The van der Waals surface area contributed by atoms with E-state index in [4.69, 9.17) is 0 Å². The van der Waals surface area contributed by atoms with Gasteiger partial charge in [0.1, 0.15) is 0 Å². The van der Waals surface area contributed by atoms with Gasteiger partial charge in [-0.05, 0) is 32.8 Å². The van der Waals surface area contributed by atoms with Gasteiger partial charge in [0.15, 0.2) is 0 Å². The van der Waals surface area contributed by atoms with Crippen molar-refractivity contribution in [3.05, 3.63) is 77.4 Å². The lowest BCUT2D eigenvalue weighted by Gasteiger charge is -2.41. The first-order chi connectivity index (χ1) is 10.3. The highest BCUT2D eigenvalue weighted by molar-refractivity contribution is 6.82. The van der Waals surface area contributed by atoms with Crippen molar-refractivity contribution in [3.63, 3.8) is 0 Å². The SMILES string of the molecule is CC(C)(C)[Si](C)(C)C1C=C(c2ccccc2)c2ccccc21. The van der Waals surface area contributed by atoms with Crippen molar-refractivity contribution >= 4 is 13.6 Å². The molecule has 2 aromatic carbocycles. The molecule has 0 saturated heterocycles. The molecule has 3 rings (SSSR count). The van der Waals surface area contributed by atoms with Crippen molar-refractivity contribution in [2.24, 2.45) is 0 Å². The van der Waals surface area contributed by atoms with Gasteiger partial charge in [-0.2, -0.15) is 0 Å². The number of fused-ring (bicyclic) bond motifs is 1. The number of hydrogen-bond donors (Lipinski definition) is 0. The Morgan fingerprint density at radius 1 is 0.818 bits per heavy atom. The van der Waals surface area contributed by atoms with E-state index in [1.807, 2.05) is 0 Å². The third-order valence-corrected chi connectivity index (χ3v) is 11.6. The Morgan fingerprint density at radius 3 is 2.05 bits per heavy atom. The molecule has 0 nitrogen and oxygen atoms in total. The van der Waals surface area contributed by atoms with Gasteiger partial charge in [0, 0.05) is 0 Å². The van der Waals surface area contributed by atoms with Gasteiger partial charge in [-0.1, -0.05) is 94.5 Å². The van der Waals surface area contributed by atoms with Crippen LogP contribution in [0.15, 0.2) is 60.7 Å². The lowest BCUT2D eigenvalue weighted by atomic mass is 9.99. The second-order valence-corrected chi connectivity index (χ2v) is 13.5. The largest absolute Gasteiger partial charge is 0.0712 e. The van der Waals surface area contributed by atoms with E-state index in [2.05, 4.69) is 94.5 Å². The van der Waals surface area contributed by atoms with Crippen molar-refractivity contribution in [2.75, 3.05) is 0 Å². The molecule has 114 valence electrons. The Kier molecular flexibility index (Phi) is 3.64. The number of hydrogen-bond acceptors (Lipinski definition) is 0. The second kappa shape index (κ2) is 5.24. The van der Waals surface area contributed by atoms with Crippen LogP contribution in [-0.2, 0) is 0 Å². The molecule has 0 saturated carbocycles. The highest BCUT2D eigenvalue weighted by Crippen LogP contribution is 2.51. The van der Waals surface area contributed by atoms with Crippen LogP contribution in [0.25, 0.3) is 5.57 Å². The van der Waals surface area contributed by atoms with Gasteiger partial charge in [-0.15, -0.1) is 0 Å². The standard InChI is InChI=1S/C21H26Si/c1-21(2,3)22(4,5)20-15-19(16-11-7-6-8-12-16)17-13-9-10-14-18(17)20/h6-15,20H,1-5H3. The first-order valence-corrected chi connectivity index (χ1v) is 11.3. The van der Waals surface area contributed by atoms with E-state index in [-0.39, 0.29) is 0 Å². The predicted octanol–water partition coefficient (Wildman–Crippen LogP) is 6.26. The summed E-state index contributed by atoms with van der Waals surface area (Å²) in [7, 11) is -1.47. The van der Waals surface area contributed by atoms with Gasteiger partial charge in [0.2, 0.25) is 0 Å². The summed E-state index contributed by atoms with van der Waals surface area (Å²) in [5.74, 6) is 0. The Hall–Kier alpha value is -1.60. The van der Waals surface area contributed by atoms with Crippen molar-refractivity contribution in [1.82, 2.24) is 0 Å². The Labute approximate surface area is 135 Å². The molecule has 0 N–H and O–H groups in total. The van der Waals surface area contributed by atoms with Crippen LogP contribution in [0.4, 0.5) is 0 Å². The summed E-state index contributed by atoms with van der Waals surface area (Å²) < 4.78 is 0. The smallest absolute Gasteiger partial charge is 0.0649 e. The topological polar surface area (TPSA) is 0 Å². The van der Waals surface area contributed by atoms with Crippen LogP contribution < -0.4 is 0 Å². The first kappa shape index (κ1) is 15.3. The summed E-state index contributed by atoms with van der Waals surface area (Å²) in [4.78, 5) is 0. The molecule has 0 heterocycles. The van der Waals surface area contributed by atoms with Gasteiger partial charge >= 0.3 is 0 Å². The predicted molar refractivity (Wildman–Crippen MR) is 99.9 cm³/mol. The van der Waals surface area contributed by atoms with Gasteiger partial charge in [0.25, 0.3) is 0 Å². The van der Waals surface area contributed by atoms with Crippen molar-refractivity contribution in [2.45, 2.75) is 44.4 Å². The molecule has 1 unspecified atom stereocenters. The highest BCUT2D eigenvalue weighted by Gasteiger charge is 2.44. The molecule has 0 bridgehead atoms. The minimum absolute atomic E-state index is 0.382. The van der Waals surface area contributed by atoms with Gasteiger partial charge in [-0.25, -0.2) is 0 Å². The molecule has 0 amide bonds. The lowest BCUT2D eigenvalue weighted by Crippen LogP contribution is -2.42. The Balaban J connectivity index is 2.16. The van der Waals surface area contributed by atoms with E-state index in [1.54, 1.807) is 0 Å². The summed E-state index contributed by atoms with van der Waals surface area (Å²) in [5.41, 5.74) is 6.33. The van der Waals surface area contributed by atoms with Gasteiger partial charge in [0.05, 0.1) is 8.07 Å². The molecule has 1 aliphatic carbocycles. The van der Waals surface area contributed by atoms with Crippen LogP contribution in [0.2, 0.25) is 18.1 Å². The van der Waals surface area contributed by atoms with Crippen LogP contribution >= 0.6 is 0 Å². The molecule has 0 fully saturated rings. The van der Waals surface area contributed by atoms with Crippen LogP contribution in [-0.4, -0.2) is 8.07 Å². The van der Waals surface area contributed by atoms with Crippen LogP contribution in [0.1, 0.15) is 43.0 Å². The molecular weight excluding hydrogens is 280 g/mol. The monoisotopic (exact) mass is 306 g/mol. The fourth-order valence-electron chi connectivity index (χ4n) is 3.29. The average Bonchev–Trinajstić information content (AvgIpc) is 2.87. The van der Waals surface area contributed by atoms with Crippen molar-refractivity contribution in [3.8, 4) is 0 Å². The molecular formula is C21H26Si. The minimum atomic E-state index is -1.47. The first-order valence-electron chi connectivity index (χ1n) is 8.19.